The molecule has 1 amide bonds. The van der Waals surface area contributed by atoms with Crippen molar-refractivity contribution >= 4 is 17.5 Å². The maximum absolute atomic E-state index is 12.7. The largest absolute Gasteiger partial charge is 0.346 e. The lowest BCUT2D eigenvalue weighted by molar-refractivity contribution is 0.0912. The first-order valence-corrected chi connectivity index (χ1v) is 5.68. The fourth-order valence-corrected chi connectivity index (χ4v) is 1.42. The third-order valence-electron chi connectivity index (χ3n) is 2.60. The molecule has 88 valence electrons. The van der Waals surface area contributed by atoms with Gasteiger partial charge in [-0.2, -0.15) is 0 Å². The molecule has 0 aromatic heterocycles. The van der Waals surface area contributed by atoms with Crippen molar-refractivity contribution in [2.24, 2.45) is 0 Å². The lowest BCUT2D eigenvalue weighted by Crippen LogP contribution is -2.47. The molecule has 0 heterocycles. The van der Waals surface area contributed by atoms with E-state index in [0.717, 1.165) is 6.42 Å². The number of carbonyl (C=O) groups excluding carboxylic acids is 1. The molecule has 16 heavy (non-hydrogen) atoms. The zero-order valence-corrected chi connectivity index (χ0v) is 10.1. The van der Waals surface area contributed by atoms with Crippen LogP contribution in [0, 0.1) is 5.82 Å². The number of halogens is 2. The first kappa shape index (κ1) is 13.0. The summed E-state index contributed by atoms with van der Waals surface area (Å²) in [6.07, 6.45) is 0.740. The van der Waals surface area contributed by atoms with Crippen molar-refractivity contribution in [2.75, 3.05) is 5.88 Å². The van der Waals surface area contributed by atoms with Crippen molar-refractivity contribution < 1.29 is 9.18 Å². The van der Waals surface area contributed by atoms with Crippen molar-refractivity contribution in [3.8, 4) is 0 Å². The summed E-state index contributed by atoms with van der Waals surface area (Å²) in [6, 6.07) is 5.43. The van der Waals surface area contributed by atoms with Crippen LogP contribution in [0.5, 0.6) is 0 Å². The van der Waals surface area contributed by atoms with E-state index in [2.05, 4.69) is 5.32 Å². The zero-order chi connectivity index (χ0) is 12.2. The molecule has 1 rings (SSSR count). The molecule has 0 saturated carbocycles. The number of amides is 1. The number of carbonyl (C=O) groups is 1. The summed E-state index contributed by atoms with van der Waals surface area (Å²) in [6.45, 7) is 3.83. The minimum absolute atomic E-state index is 0.231. The molecular formula is C12H15ClFNO. The van der Waals surface area contributed by atoms with Crippen LogP contribution in [0.4, 0.5) is 4.39 Å². The van der Waals surface area contributed by atoms with Gasteiger partial charge in [0.2, 0.25) is 0 Å². The Kier molecular flexibility index (Phi) is 4.30. The van der Waals surface area contributed by atoms with Gasteiger partial charge >= 0.3 is 0 Å². The molecule has 1 atom stereocenters. The smallest absolute Gasteiger partial charge is 0.251 e. The van der Waals surface area contributed by atoms with Crippen molar-refractivity contribution in [1.29, 1.82) is 0 Å². The Hall–Kier alpha value is -1.09. The maximum atomic E-state index is 12.7. The van der Waals surface area contributed by atoms with Gasteiger partial charge in [-0.3, -0.25) is 4.79 Å². The molecule has 1 aromatic rings. The zero-order valence-electron chi connectivity index (χ0n) is 9.39. The van der Waals surface area contributed by atoms with Crippen LogP contribution in [0.2, 0.25) is 0 Å². The van der Waals surface area contributed by atoms with Crippen LogP contribution in [0.25, 0.3) is 0 Å². The van der Waals surface area contributed by atoms with Gasteiger partial charge in [0, 0.05) is 11.4 Å². The normalized spacial score (nSPS) is 14.2. The van der Waals surface area contributed by atoms with E-state index in [1.807, 2.05) is 13.8 Å². The van der Waals surface area contributed by atoms with Crippen LogP contribution in [0.15, 0.2) is 24.3 Å². The third kappa shape index (κ3) is 3.20. The Bertz CT molecular complexity index is 360. The summed E-state index contributed by atoms with van der Waals surface area (Å²) in [7, 11) is 0. The molecule has 4 heteroatoms. The minimum Gasteiger partial charge on any atom is -0.346 e. The first-order valence-electron chi connectivity index (χ1n) is 5.15. The minimum atomic E-state index is -0.424. The Balaban J connectivity index is 2.76. The molecule has 0 aliphatic rings. The van der Waals surface area contributed by atoms with Crippen molar-refractivity contribution in [3.05, 3.63) is 35.6 Å². The van der Waals surface area contributed by atoms with Crippen LogP contribution in [0.1, 0.15) is 30.6 Å². The maximum Gasteiger partial charge on any atom is 0.251 e. The molecular weight excluding hydrogens is 229 g/mol. The highest BCUT2D eigenvalue weighted by Crippen LogP contribution is 2.13. The van der Waals surface area contributed by atoms with Gasteiger partial charge in [-0.25, -0.2) is 4.39 Å². The summed E-state index contributed by atoms with van der Waals surface area (Å²) in [4.78, 5) is 11.8. The van der Waals surface area contributed by atoms with E-state index >= 15 is 0 Å². The van der Waals surface area contributed by atoms with E-state index < -0.39 is 5.54 Å². The molecule has 1 aromatic carbocycles. The highest BCUT2D eigenvalue weighted by Gasteiger charge is 2.23. The SMILES string of the molecule is CCC(C)(CCl)NC(=O)c1ccc(F)cc1. The molecule has 0 spiro atoms. The summed E-state index contributed by atoms with van der Waals surface area (Å²) in [5.41, 5.74) is 0.0127. The van der Waals surface area contributed by atoms with Crippen LogP contribution in [-0.4, -0.2) is 17.3 Å². The molecule has 0 aliphatic carbocycles. The van der Waals surface area contributed by atoms with Gasteiger partial charge < -0.3 is 5.32 Å². The van der Waals surface area contributed by atoms with E-state index in [4.69, 9.17) is 11.6 Å². The van der Waals surface area contributed by atoms with Gasteiger partial charge in [-0.1, -0.05) is 6.92 Å². The topological polar surface area (TPSA) is 29.1 Å². The number of hydrogen-bond donors (Lipinski definition) is 1. The summed E-state index contributed by atoms with van der Waals surface area (Å²) in [5.74, 6) is -0.242. The lowest BCUT2D eigenvalue weighted by atomic mass is 10.0. The predicted octanol–water partition coefficient (Wildman–Crippen LogP) is 2.96. The first-order chi connectivity index (χ1) is 7.50. The number of nitrogens with one attached hydrogen (secondary N) is 1. The second kappa shape index (κ2) is 5.30. The number of alkyl halides is 1. The number of hydrogen-bond acceptors (Lipinski definition) is 1. The Morgan fingerprint density at radius 1 is 1.44 bits per heavy atom. The third-order valence-corrected chi connectivity index (χ3v) is 3.19. The number of rotatable bonds is 4. The van der Waals surface area contributed by atoms with E-state index in [0.29, 0.717) is 11.4 Å². The van der Waals surface area contributed by atoms with Gasteiger partial charge in [0.05, 0.1) is 5.54 Å². The van der Waals surface area contributed by atoms with Gasteiger partial charge in [0.1, 0.15) is 5.82 Å². The monoisotopic (exact) mass is 243 g/mol. The fourth-order valence-electron chi connectivity index (χ4n) is 1.16. The van der Waals surface area contributed by atoms with Crippen molar-refractivity contribution in [3.63, 3.8) is 0 Å². The highest BCUT2D eigenvalue weighted by molar-refractivity contribution is 6.18. The van der Waals surface area contributed by atoms with E-state index in [-0.39, 0.29) is 11.7 Å². The number of benzene rings is 1. The lowest BCUT2D eigenvalue weighted by Gasteiger charge is -2.27. The summed E-state index contributed by atoms with van der Waals surface area (Å²) in [5, 5.41) is 2.84. The van der Waals surface area contributed by atoms with Crippen LogP contribution in [0.3, 0.4) is 0 Å². The molecule has 1 unspecified atom stereocenters. The molecule has 2 nitrogen and oxygen atoms in total. The standard InChI is InChI=1S/C12H15ClFNO/c1-3-12(2,8-13)15-11(16)9-4-6-10(14)7-5-9/h4-7H,3,8H2,1-2H3,(H,15,16). The fraction of sp³-hybridized carbons (Fsp3) is 0.417. The molecule has 0 aliphatic heterocycles. The molecule has 0 saturated heterocycles. The van der Waals surface area contributed by atoms with Gasteiger partial charge in [0.25, 0.3) is 5.91 Å². The molecule has 0 bridgehead atoms. The van der Waals surface area contributed by atoms with Crippen LogP contribution >= 0.6 is 11.6 Å². The average molecular weight is 244 g/mol. The molecule has 1 N–H and O–H groups in total. The van der Waals surface area contributed by atoms with Gasteiger partial charge in [-0.15, -0.1) is 11.6 Å². The highest BCUT2D eigenvalue weighted by atomic mass is 35.5. The molecule has 0 radical (unpaired) electrons. The quantitative estimate of drug-likeness (QED) is 0.810. The van der Waals surface area contributed by atoms with Crippen LogP contribution < -0.4 is 5.32 Å². The van der Waals surface area contributed by atoms with E-state index in [1.54, 1.807) is 0 Å². The van der Waals surface area contributed by atoms with Gasteiger partial charge in [-0.05, 0) is 37.6 Å². The Morgan fingerprint density at radius 3 is 2.44 bits per heavy atom. The Labute approximate surface area is 99.8 Å². The summed E-state index contributed by atoms with van der Waals surface area (Å²) < 4.78 is 12.7. The van der Waals surface area contributed by atoms with Crippen molar-refractivity contribution in [2.45, 2.75) is 25.8 Å². The second-order valence-electron chi connectivity index (χ2n) is 4.01. The van der Waals surface area contributed by atoms with Crippen molar-refractivity contribution in [1.82, 2.24) is 5.32 Å². The van der Waals surface area contributed by atoms with Crippen LogP contribution in [-0.2, 0) is 0 Å². The van der Waals surface area contributed by atoms with E-state index in [1.165, 1.54) is 24.3 Å². The van der Waals surface area contributed by atoms with E-state index in [9.17, 15) is 9.18 Å². The molecule has 0 fully saturated rings. The second-order valence-corrected chi connectivity index (χ2v) is 4.28. The summed E-state index contributed by atoms with van der Waals surface area (Å²) >= 11 is 5.79. The predicted molar refractivity (Wildman–Crippen MR) is 63.3 cm³/mol. The van der Waals surface area contributed by atoms with Gasteiger partial charge in [0.15, 0.2) is 0 Å². The average Bonchev–Trinajstić information content (AvgIpc) is 2.29. The Morgan fingerprint density at radius 2 is 2.00 bits per heavy atom.